The number of phenolic OH excluding ortho intramolecular Hbond substituents is 1. The number of anilines is 1. The van der Waals surface area contributed by atoms with Crippen LogP contribution < -0.4 is 5.32 Å². The van der Waals surface area contributed by atoms with E-state index in [9.17, 15) is 13.9 Å². The predicted octanol–water partition coefficient (Wildman–Crippen LogP) is 5.82. The van der Waals surface area contributed by atoms with Gasteiger partial charge in [-0.25, -0.2) is 8.78 Å². The Morgan fingerprint density at radius 1 is 1.07 bits per heavy atom. The summed E-state index contributed by atoms with van der Waals surface area (Å²) >= 11 is 5.89. The highest BCUT2D eigenvalue weighted by Crippen LogP contribution is 2.36. The van der Waals surface area contributed by atoms with Gasteiger partial charge in [0.2, 0.25) is 0 Å². The van der Waals surface area contributed by atoms with Crippen molar-refractivity contribution in [3.8, 4) is 16.9 Å². The van der Waals surface area contributed by atoms with E-state index in [0.29, 0.717) is 17.6 Å². The molecule has 0 saturated heterocycles. The predicted molar refractivity (Wildman–Crippen MR) is 117 cm³/mol. The molecule has 0 spiro atoms. The van der Waals surface area contributed by atoms with Gasteiger partial charge in [0.05, 0.1) is 10.5 Å². The van der Waals surface area contributed by atoms with E-state index in [-0.39, 0.29) is 16.1 Å². The number of halogens is 3. The molecule has 0 bridgehead atoms. The number of fused-ring (bicyclic) bond motifs is 1. The van der Waals surface area contributed by atoms with Gasteiger partial charge < -0.3 is 15.3 Å². The van der Waals surface area contributed by atoms with Gasteiger partial charge in [-0.1, -0.05) is 11.6 Å². The maximum absolute atomic E-state index is 14.8. The molecule has 30 heavy (non-hydrogen) atoms. The normalized spacial score (nSPS) is 19.4. The van der Waals surface area contributed by atoms with E-state index < -0.39 is 17.4 Å². The summed E-state index contributed by atoms with van der Waals surface area (Å²) in [5.41, 5.74) is 1.86. The van der Waals surface area contributed by atoms with Crippen LogP contribution >= 0.6 is 11.6 Å². The summed E-state index contributed by atoms with van der Waals surface area (Å²) in [4.78, 5) is 6.56. The Hall–Kier alpha value is -2.44. The molecule has 2 N–H and O–H groups in total. The molecular formula is C23H24ClF2N3O. The number of aromatic hydroxyl groups is 1. The molecule has 0 aliphatic heterocycles. The van der Waals surface area contributed by atoms with Crippen molar-refractivity contribution >= 4 is 28.2 Å². The average molecular weight is 432 g/mol. The van der Waals surface area contributed by atoms with Crippen LogP contribution in [0.1, 0.15) is 25.7 Å². The molecule has 158 valence electrons. The van der Waals surface area contributed by atoms with Gasteiger partial charge in [0.1, 0.15) is 5.82 Å². The quantitative estimate of drug-likeness (QED) is 0.546. The second-order valence-corrected chi connectivity index (χ2v) is 8.52. The van der Waals surface area contributed by atoms with Crippen LogP contribution in [-0.2, 0) is 0 Å². The summed E-state index contributed by atoms with van der Waals surface area (Å²) in [5.74, 6) is -2.06. The number of pyridine rings is 1. The van der Waals surface area contributed by atoms with Crippen LogP contribution in [0, 0.1) is 11.6 Å². The number of aromatic nitrogens is 1. The zero-order valence-corrected chi connectivity index (χ0v) is 17.7. The van der Waals surface area contributed by atoms with E-state index in [1.165, 1.54) is 12.1 Å². The molecule has 1 saturated carbocycles. The molecule has 1 aliphatic carbocycles. The second-order valence-electron chi connectivity index (χ2n) is 8.11. The van der Waals surface area contributed by atoms with Crippen molar-refractivity contribution in [2.75, 3.05) is 19.4 Å². The standard InChI is InChI=1S/C23H24ClF2N3O/c1-29(2)15-5-3-14(4-6-15)28-21-7-8-27-22-12-19(25)16(11-17(21)22)13-9-18(24)23(30)20(26)10-13/h7-12,14-15,30H,3-6H2,1-2H3,(H,27,28). The van der Waals surface area contributed by atoms with Gasteiger partial charge in [-0.3, -0.25) is 4.98 Å². The van der Waals surface area contributed by atoms with Gasteiger partial charge in [-0.15, -0.1) is 0 Å². The average Bonchev–Trinajstić information content (AvgIpc) is 2.71. The Bertz CT molecular complexity index is 1060. The zero-order chi connectivity index (χ0) is 21.4. The Morgan fingerprint density at radius 3 is 2.47 bits per heavy atom. The Kier molecular flexibility index (Phi) is 5.80. The number of phenols is 1. The molecule has 0 amide bonds. The van der Waals surface area contributed by atoms with Crippen LogP contribution in [0.3, 0.4) is 0 Å². The maximum Gasteiger partial charge on any atom is 0.170 e. The lowest BCUT2D eigenvalue weighted by atomic mass is 9.90. The first-order valence-electron chi connectivity index (χ1n) is 10.0. The number of hydrogen-bond acceptors (Lipinski definition) is 4. The van der Waals surface area contributed by atoms with Crippen molar-refractivity contribution in [1.29, 1.82) is 0 Å². The van der Waals surface area contributed by atoms with Crippen LogP contribution in [0.5, 0.6) is 5.75 Å². The lowest BCUT2D eigenvalue weighted by Gasteiger charge is -2.33. The summed E-state index contributed by atoms with van der Waals surface area (Å²) in [5, 5.41) is 13.8. The first kappa shape index (κ1) is 20.8. The number of nitrogens with one attached hydrogen (secondary N) is 1. The fourth-order valence-corrected chi connectivity index (χ4v) is 4.40. The summed E-state index contributed by atoms with van der Waals surface area (Å²) in [6.45, 7) is 0. The van der Waals surface area contributed by atoms with Crippen molar-refractivity contribution in [3.63, 3.8) is 0 Å². The van der Waals surface area contributed by atoms with Crippen molar-refractivity contribution < 1.29 is 13.9 Å². The lowest BCUT2D eigenvalue weighted by Crippen LogP contribution is -2.36. The van der Waals surface area contributed by atoms with Crippen LogP contribution in [0.25, 0.3) is 22.0 Å². The molecule has 3 aromatic rings. The van der Waals surface area contributed by atoms with Gasteiger partial charge in [0.25, 0.3) is 0 Å². The van der Waals surface area contributed by atoms with Gasteiger partial charge >= 0.3 is 0 Å². The molecule has 1 aliphatic rings. The highest BCUT2D eigenvalue weighted by molar-refractivity contribution is 6.32. The topological polar surface area (TPSA) is 48.4 Å². The number of rotatable bonds is 4. The number of benzene rings is 2. The van der Waals surface area contributed by atoms with Crippen LogP contribution in [0.2, 0.25) is 5.02 Å². The fourth-order valence-electron chi connectivity index (χ4n) is 4.19. The Balaban J connectivity index is 1.68. The third-order valence-electron chi connectivity index (χ3n) is 5.94. The monoisotopic (exact) mass is 431 g/mol. The molecule has 2 aromatic carbocycles. The summed E-state index contributed by atoms with van der Waals surface area (Å²) in [7, 11) is 4.23. The highest BCUT2D eigenvalue weighted by atomic mass is 35.5. The van der Waals surface area contributed by atoms with Crippen LogP contribution in [-0.4, -0.2) is 41.2 Å². The zero-order valence-electron chi connectivity index (χ0n) is 16.9. The van der Waals surface area contributed by atoms with Crippen LogP contribution in [0.15, 0.2) is 36.5 Å². The van der Waals surface area contributed by atoms with Crippen LogP contribution in [0.4, 0.5) is 14.5 Å². The van der Waals surface area contributed by atoms with E-state index in [2.05, 4.69) is 29.3 Å². The Labute approximate surface area is 179 Å². The van der Waals surface area contributed by atoms with Gasteiger partial charge in [-0.2, -0.15) is 0 Å². The molecule has 0 atom stereocenters. The third kappa shape index (κ3) is 4.07. The largest absolute Gasteiger partial charge is 0.504 e. The molecule has 1 fully saturated rings. The SMILES string of the molecule is CN(C)C1CCC(Nc2ccnc3cc(F)c(-c4cc(F)c(O)c(Cl)c4)cc23)CC1. The van der Waals surface area contributed by atoms with Crippen molar-refractivity contribution in [2.24, 2.45) is 0 Å². The first-order chi connectivity index (χ1) is 14.3. The lowest BCUT2D eigenvalue weighted by molar-refractivity contribution is 0.221. The summed E-state index contributed by atoms with van der Waals surface area (Å²) in [6.07, 6.45) is 6.02. The van der Waals surface area contributed by atoms with Gasteiger partial charge in [-0.05, 0) is 69.6 Å². The van der Waals surface area contributed by atoms with E-state index in [1.54, 1.807) is 12.3 Å². The van der Waals surface area contributed by atoms with E-state index in [0.717, 1.165) is 42.8 Å². The summed E-state index contributed by atoms with van der Waals surface area (Å²) < 4.78 is 28.7. The highest BCUT2D eigenvalue weighted by Gasteiger charge is 2.23. The summed E-state index contributed by atoms with van der Waals surface area (Å²) in [6, 6.07) is 8.26. The molecule has 0 radical (unpaired) electrons. The number of nitrogens with zero attached hydrogens (tertiary/aromatic N) is 2. The first-order valence-corrected chi connectivity index (χ1v) is 10.4. The fraction of sp³-hybridized carbons (Fsp3) is 0.348. The molecule has 7 heteroatoms. The van der Waals surface area contributed by atoms with Crippen molar-refractivity contribution in [1.82, 2.24) is 9.88 Å². The third-order valence-corrected chi connectivity index (χ3v) is 6.23. The minimum absolute atomic E-state index is 0.160. The van der Waals surface area contributed by atoms with E-state index in [1.807, 2.05) is 6.07 Å². The number of hydrogen-bond donors (Lipinski definition) is 2. The van der Waals surface area contributed by atoms with E-state index >= 15 is 0 Å². The minimum atomic E-state index is -0.890. The Morgan fingerprint density at radius 2 is 1.80 bits per heavy atom. The molecule has 0 unspecified atom stereocenters. The molecule has 4 nitrogen and oxygen atoms in total. The minimum Gasteiger partial charge on any atom is -0.504 e. The smallest absolute Gasteiger partial charge is 0.170 e. The second kappa shape index (κ2) is 8.36. The van der Waals surface area contributed by atoms with Gasteiger partial charge in [0.15, 0.2) is 11.6 Å². The van der Waals surface area contributed by atoms with Crippen molar-refractivity contribution in [3.05, 3.63) is 53.2 Å². The molecular weight excluding hydrogens is 408 g/mol. The molecule has 1 aromatic heterocycles. The maximum atomic E-state index is 14.8. The van der Waals surface area contributed by atoms with Gasteiger partial charge in [0, 0.05) is 41.0 Å². The molecule has 1 heterocycles. The van der Waals surface area contributed by atoms with E-state index in [4.69, 9.17) is 11.6 Å². The van der Waals surface area contributed by atoms with Crippen molar-refractivity contribution in [2.45, 2.75) is 37.8 Å². The molecule has 4 rings (SSSR count).